The Hall–Kier alpha value is -1.85. The molecule has 0 unspecified atom stereocenters. The van der Waals surface area contributed by atoms with Crippen LogP contribution in [-0.2, 0) is 10.2 Å². The first kappa shape index (κ1) is 17.6. The fraction of sp³-hybridized carbons (Fsp3) is 0.571. The molecule has 0 aliphatic carbocycles. The summed E-state index contributed by atoms with van der Waals surface area (Å²) in [5.41, 5.74) is 2.37. The predicted molar refractivity (Wildman–Crippen MR) is 102 cm³/mol. The second kappa shape index (κ2) is 8.23. The van der Waals surface area contributed by atoms with Crippen molar-refractivity contribution in [1.29, 1.82) is 0 Å². The summed E-state index contributed by atoms with van der Waals surface area (Å²) in [6.07, 6.45) is 9.52. The van der Waals surface area contributed by atoms with Gasteiger partial charge in [0.15, 0.2) is 0 Å². The molecule has 4 rings (SSSR count). The molecule has 26 heavy (non-hydrogen) atoms. The zero-order valence-electron chi connectivity index (χ0n) is 15.5. The second-order valence-corrected chi connectivity index (χ2v) is 7.42. The van der Waals surface area contributed by atoms with Crippen LogP contribution in [-0.4, -0.2) is 54.3 Å². The molecule has 3 heterocycles. The Morgan fingerprint density at radius 2 is 1.88 bits per heavy atom. The summed E-state index contributed by atoms with van der Waals surface area (Å²) in [4.78, 5) is 10.2. The second-order valence-electron chi connectivity index (χ2n) is 7.42. The Kier molecular flexibility index (Phi) is 5.56. The van der Waals surface area contributed by atoms with E-state index in [0.29, 0.717) is 0 Å². The number of hydrogen-bond acceptors (Lipinski definition) is 4. The highest BCUT2D eigenvalue weighted by molar-refractivity contribution is 5.39. The Morgan fingerprint density at radius 3 is 2.58 bits per heavy atom. The van der Waals surface area contributed by atoms with Crippen LogP contribution in [0, 0.1) is 0 Å². The lowest BCUT2D eigenvalue weighted by molar-refractivity contribution is 0.0619. The lowest BCUT2D eigenvalue weighted by Gasteiger charge is -2.36. The van der Waals surface area contributed by atoms with Gasteiger partial charge in [-0.25, -0.2) is 4.98 Å². The van der Waals surface area contributed by atoms with Gasteiger partial charge < -0.3 is 19.4 Å². The van der Waals surface area contributed by atoms with E-state index >= 15 is 0 Å². The van der Waals surface area contributed by atoms with Gasteiger partial charge in [0.1, 0.15) is 5.75 Å². The fourth-order valence-corrected chi connectivity index (χ4v) is 4.29. The zero-order chi connectivity index (χ0) is 17.7. The number of aromatic nitrogens is 2. The van der Waals surface area contributed by atoms with E-state index in [9.17, 15) is 0 Å². The molecule has 2 saturated heterocycles. The molecule has 1 aromatic heterocycles. The lowest BCUT2D eigenvalue weighted by Crippen LogP contribution is -2.35. The molecular formula is C21H29N3O2. The van der Waals surface area contributed by atoms with E-state index in [4.69, 9.17) is 9.47 Å². The minimum atomic E-state index is -0.0491. The summed E-state index contributed by atoms with van der Waals surface area (Å²) in [7, 11) is 0. The molecule has 0 bridgehead atoms. The van der Waals surface area contributed by atoms with Crippen molar-refractivity contribution in [2.75, 3.05) is 39.5 Å². The van der Waals surface area contributed by atoms with Crippen molar-refractivity contribution in [3.8, 4) is 5.75 Å². The van der Waals surface area contributed by atoms with Crippen molar-refractivity contribution >= 4 is 0 Å². The normalized spacial score (nSPS) is 20.3. The number of rotatable bonds is 7. The van der Waals surface area contributed by atoms with Crippen LogP contribution in [0.5, 0.6) is 5.75 Å². The standard InChI is InChI=1S/C21H29N3O2/c1-2-11-24(10-1)12-3-13-26-19-6-4-18(5-7-19)21(8-14-25-15-9-21)20-16-22-17-23-20/h4-7,16-17H,1-3,8-15H2,(H,22,23). The number of hydrogen-bond donors (Lipinski definition) is 1. The van der Waals surface area contributed by atoms with E-state index in [-0.39, 0.29) is 5.41 Å². The molecule has 0 amide bonds. The number of ether oxygens (including phenoxy) is 2. The highest BCUT2D eigenvalue weighted by Crippen LogP contribution is 2.40. The Balaban J connectivity index is 1.38. The number of nitrogens with one attached hydrogen (secondary N) is 1. The van der Waals surface area contributed by atoms with Crippen LogP contribution in [0.3, 0.4) is 0 Å². The van der Waals surface area contributed by atoms with Gasteiger partial charge in [0, 0.05) is 31.4 Å². The minimum Gasteiger partial charge on any atom is -0.494 e. The summed E-state index contributed by atoms with van der Waals surface area (Å²) in [6.45, 7) is 6.01. The third-order valence-electron chi connectivity index (χ3n) is 5.83. The molecule has 2 aliphatic rings. The van der Waals surface area contributed by atoms with Gasteiger partial charge in [0.05, 0.1) is 18.6 Å². The van der Waals surface area contributed by atoms with E-state index in [1.807, 2.05) is 6.20 Å². The van der Waals surface area contributed by atoms with E-state index in [1.165, 1.54) is 31.5 Å². The molecule has 2 aliphatic heterocycles. The maximum Gasteiger partial charge on any atom is 0.119 e. The first-order valence-electron chi connectivity index (χ1n) is 9.90. The smallest absolute Gasteiger partial charge is 0.119 e. The van der Waals surface area contributed by atoms with Gasteiger partial charge in [0.2, 0.25) is 0 Å². The summed E-state index contributed by atoms with van der Waals surface area (Å²) >= 11 is 0. The molecular weight excluding hydrogens is 326 g/mol. The summed E-state index contributed by atoms with van der Waals surface area (Å²) < 4.78 is 11.6. The van der Waals surface area contributed by atoms with Crippen LogP contribution >= 0.6 is 0 Å². The molecule has 0 atom stereocenters. The summed E-state index contributed by atoms with van der Waals surface area (Å²) in [6, 6.07) is 8.62. The average molecular weight is 355 g/mol. The quantitative estimate of drug-likeness (QED) is 0.774. The van der Waals surface area contributed by atoms with Crippen molar-refractivity contribution in [1.82, 2.24) is 14.9 Å². The molecule has 1 N–H and O–H groups in total. The number of nitrogens with zero attached hydrogens (tertiary/aromatic N) is 2. The molecule has 5 nitrogen and oxygen atoms in total. The predicted octanol–water partition coefficient (Wildman–Crippen LogP) is 3.37. The summed E-state index contributed by atoms with van der Waals surface area (Å²) in [5.74, 6) is 0.958. The van der Waals surface area contributed by atoms with E-state index in [0.717, 1.165) is 57.1 Å². The van der Waals surface area contributed by atoms with Gasteiger partial charge in [0.25, 0.3) is 0 Å². The first-order valence-corrected chi connectivity index (χ1v) is 9.90. The number of likely N-dealkylation sites (tertiary alicyclic amines) is 1. The molecule has 5 heteroatoms. The molecule has 0 radical (unpaired) electrons. The van der Waals surface area contributed by atoms with Crippen LogP contribution < -0.4 is 4.74 Å². The van der Waals surface area contributed by atoms with Crippen LogP contribution in [0.25, 0.3) is 0 Å². The van der Waals surface area contributed by atoms with Crippen LogP contribution in [0.1, 0.15) is 43.4 Å². The maximum atomic E-state index is 5.96. The fourth-order valence-electron chi connectivity index (χ4n) is 4.29. The van der Waals surface area contributed by atoms with Crippen molar-refractivity contribution in [3.63, 3.8) is 0 Å². The third-order valence-corrected chi connectivity index (χ3v) is 5.83. The van der Waals surface area contributed by atoms with Crippen molar-refractivity contribution in [2.24, 2.45) is 0 Å². The topological polar surface area (TPSA) is 50.4 Å². The van der Waals surface area contributed by atoms with Gasteiger partial charge in [-0.1, -0.05) is 12.1 Å². The van der Waals surface area contributed by atoms with Gasteiger partial charge in [-0.15, -0.1) is 0 Å². The highest BCUT2D eigenvalue weighted by Gasteiger charge is 2.37. The summed E-state index contributed by atoms with van der Waals surface area (Å²) in [5, 5.41) is 0. The van der Waals surface area contributed by atoms with Crippen LogP contribution in [0.15, 0.2) is 36.8 Å². The average Bonchev–Trinajstić information content (AvgIpc) is 3.40. The largest absolute Gasteiger partial charge is 0.494 e. The van der Waals surface area contributed by atoms with Gasteiger partial charge in [-0.05, 0) is 62.9 Å². The highest BCUT2D eigenvalue weighted by atomic mass is 16.5. The zero-order valence-corrected chi connectivity index (χ0v) is 15.5. The van der Waals surface area contributed by atoms with E-state index in [2.05, 4.69) is 39.1 Å². The lowest BCUT2D eigenvalue weighted by atomic mass is 9.72. The SMILES string of the molecule is c1nc(C2(c3ccc(OCCCN4CCCC4)cc3)CCOCC2)c[nH]1. The molecule has 0 spiro atoms. The Morgan fingerprint density at radius 1 is 1.12 bits per heavy atom. The van der Waals surface area contributed by atoms with E-state index < -0.39 is 0 Å². The minimum absolute atomic E-state index is 0.0491. The molecule has 0 saturated carbocycles. The van der Waals surface area contributed by atoms with Crippen LogP contribution in [0.4, 0.5) is 0 Å². The van der Waals surface area contributed by atoms with E-state index in [1.54, 1.807) is 6.33 Å². The van der Waals surface area contributed by atoms with Crippen molar-refractivity contribution in [3.05, 3.63) is 48.0 Å². The molecule has 2 aromatic rings. The number of benzene rings is 1. The Bertz CT molecular complexity index is 657. The maximum absolute atomic E-state index is 5.96. The monoisotopic (exact) mass is 355 g/mol. The number of aromatic amines is 1. The van der Waals surface area contributed by atoms with Gasteiger partial charge in [-0.3, -0.25) is 0 Å². The Labute approximate surface area is 155 Å². The van der Waals surface area contributed by atoms with Gasteiger partial charge >= 0.3 is 0 Å². The van der Waals surface area contributed by atoms with Crippen molar-refractivity contribution < 1.29 is 9.47 Å². The number of imidazole rings is 1. The molecule has 2 fully saturated rings. The van der Waals surface area contributed by atoms with Crippen LogP contribution in [0.2, 0.25) is 0 Å². The third kappa shape index (κ3) is 3.79. The molecule has 140 valence electrons. The first-order chi connectivity index (χ1) is 12.9. The van der Waals surface area contributed by atoms with Crippen molar-refractivity contribution in [2.45, 2.75) is 37.5 Å². The molecule has 1 aromatic carbocycles. The van der Waals surface area contributed by atoms with Gasteiger partial charge in [-0.2, -0.15) is 0 Å². The number of H-pyrrole nitrogens is 1.